The Morgan fingerprint density at radius 2 is 2.00 bits per heavy atom. The van der Waals surface area contributed by atoms with E-state index in [0.29, 0.717) is 12.0 Å². The molecule has 0 radical (unpaired) electrons. The molecular formula is C14H29NO2. The second-order valence-electron chi connectivity index (χ2n) is 5.36. The summed E-state index contributed by atoms with van der Waals surface area (Å²) in [5.74, 6) is 0.455. The normalized spacial score (nSPS) is 28.1. The summed E-state index contributed by atoms with van der Waals surface area (Å²) >= 11 is 0. The molecule has 1 fully saturated rings. The topological polar surface area (TPSA) is 32.7 Å². The predicted octanol–water partition coefficient (Wildman–Crippen LogP) is 2.28. The fourth-order valence-electron chi connectivity index (χ4n) is 2.85. The largest absolute Gasteiger partial charge is 0.393 e. The molecule has 0 aromatic heterocycles. The summed E-state index contributed by atoms with van der Waals surface area (Å²) in [6.07, 6.45) is 5.82. The van der Waals surface area contributed by atoms with E-state index in [9.17, 15) is 5.11 Å². The van der Waals surface area contributed by atoms with E-state index in [4.69, 9.17) is 4.74 Å². The van der Waals surface area contributed by atoms with Gasteiger partial charge in [0.2, 0.25) is 0 Å². The van der Waals surface area contributed by atoms with E-state index in [0.717, 1.165) is 26.1 Å². The molecule has 1 N–H and O–H groups in total. The van der Waals surface area contributed by atoms with Gasteiger partial charge in [0.05, 0.1) is 12.7 Å². The van der Waals surface area contributed by atoms with Crippen LogP contribution in [0.25, 0.3) is 0 Å². The molecule has 3 heteroatoms. The van der Waals surface area contributed by atoms with Gasteiger partial charge in [0.15, 0.2) is 0 Å². The predicted molar refractivity (Wildman–Crippen MR) is 71.2 cm³/mol. The van der Waals surface area contributed by atoms with Gasteiger partial charge in [0.1, 0.15) is 0 Å². The Morgan fingerprint density at radius 3 is 2.65 bits per heavy atom. The molecule has 17 heavy (non-hydrogen) atoms. The number of aliphatic hydroxyl groups excluding tert-OH is 1. The van der Waals surface area contributed by atoms with Gasteiger partial charge in [-0.2, -0.15) is 0 Å². The zero-order valence-corrected chi connectivity index (χ0v) is 11.7. The van der Waals surface area contributed by atoms with Gasteiger partial charge in [0.25, 0.3) is 0 Å². The van der Waals surface area contributed by atoms with Gasteiger partial charge in [-0.25, -0.2) is 0 Å². The lowest BCUT2D eigenvalue weighted by Crippen LogP contribution is -2.42. The lowest BCUT2D eigenvalue weighted by molar-refractivity contribution is 0.0449. The summed E-state index contributed by atoms with van der Waals surface area (Å²) in [6, 6.07) is 0.445. The van der Waals surface area contributed by atoms with Crippen molar-refractivity contribution in [1.82, 2.24) is 4.90 Å². The summed E-state index contributed by atoms with van der Waals surface area (Å²) in [7, 11) is 1.75. The van der Waals surface area contributed by atoms with Gasteiger partial charge >= 0.3 is 0 Å². The Bertz CT molecular complexity index is 199. The van der Waals surface area contributed by atoms with Crippen molar-refractivity contribution in [2.45, 2.75) is 58.1 Å². The van der Waals surface area contributed by atoms with E-state index in [1.54, 1.807) is 7.11 Å². The monoisotopic (exact) mass is 243 g/mol. The highest BCUT2D eigenvalue weighted by Gasteiger charge is 2.25. The van der Waals surface area contributed by atoms with Crippen LogP contribution in [-0.4, -0.2) is 49.0 Å². The third kappa shape index (κ3) is 4.94. The van der Waals surface area contributed by atoms with Crippen molar-refractivity contribution in [3.8, 4) is 0 Å². The Morgan fingerprint density at radius 1 is 1.29 bits per heavy atom. The van der Waals surface area contributed by atoms with E-state index in [1.807, 2.05) is 0 Å². The molecule has 0 saturated heterocycles. The van der Waals surface area contributed by atoms with E-state index < -0.39 is 0 Å². The number of ether oxygens (including phenoxy) is 1. The quantitative estimate of drug-likeness (QED) is 0.727. The van der Waals surface area contributed by atoms with Crippen molar-refractivity contribution in [1.29, 1.82) is 0 Å². The number of rotatable bonds is 6. The number of likely N-dealkylation sites (N-methyl/N-ethyl adjacent to an activating group) is 1. The zero-order chi connectivity index (χ0) is 12.7. The number of hydrogen-bond acceptors (Lipinski definition) is 3. The SMILES string of the molecule is CCN(CC1CCCCCC1O)C(C)COC. The maximum absolute atomic E-state index is 10.1. The molecule has 1 aliphatic rings. The van der Waals surface area contributed by atoms with E-state index in [1.165, 1.54) is 25.7 Å². The number of hydrogen-bond donors (Lipinski definition) is 1. The van der Waals surface area contributed by atoms with E-state index in [-0.39, 0.29) is 6.10 Å². The lowest BCUT2D eigenvalue weighted by Gasteiger charge is -2.32. The summed E-state index contributed by atoms with van der Waals surface area (Å²) in [5, 5.41) is 10.1. The van der Waals surface area contributed by atoms with Crippen LogP contribution in [0.15, 0.2) is 0 Å². The average molecular weight is 243 g/mol. The molecule has 0 spiro atoms. The minimum absolute atomic E-state index is 0.0960. The van der Waals surface area contributed by atoms with Gasteiger partial charge < -0.3 is 9.84 Å². The number of aliphatic hydroxyl groups is 1. The zero-order valence-electron chi connectivity index (χ0n) is 11.7. The van der Waals surface area contributed by atoms with Crippen LogP contribution in [0.4, 0.5) is 0 Å². The maximum atomic E-state index is 10.1. The van der Waals surface area contributed by atoms with Gasteiger partial charge in [-0.15, -0.1) is 0 Å². The third-order valence-corrected chi connectivity index (χ3v) is 4.03. The molecule has 0 bridgehead atoms. The number of nitrogens with zero attached hydrogens (tertiary/aromatic N) is 1. The summed E-state index contributed by atoms with van der Waals surface area (Å²) < 4.78 is 5.22. The molecule has 0 amide bonds. The second kappa shape index (κ2) is 8.06. The van der Waals surface area contributed by atoms with Crippen LogP contribution >= 0.6 is 0 Å². The minimum Gasteiger partial charge on any atom is -0.393 e. The first kappa shape index (κ1) is 14.9. The van der Waals surface area contributed by atoms with Crippen molar-refractivity contribution in [3.63, 3.8) is 0 Å². The van der Waals surface area contributed by atoms with Gasteiger partial charge in [-0.05, 0) is 32.2 Å². The highest BCUT2D eigenvalue weighted by Crippen LogP contribution is 2.24. The Hall–Kier alpha value is -0.120. The molecule has 3 atom stereocenters. The fraction of sp³-hybridized carbons (Fsp3) is 1.00. The summed E-state index contributed by atoms with van der Waals surface area (Å²) in [4.78, 5) is 2.43. The Labute approximate surface area is 106 Å². The molecule has 102 valence electrons. The summed E-state index contributed by atoms with van der Waals surface area (Å²) in [5.41, 5.74) is 0. The van der Waals surface area contributed by atoms with Gasteiger partial charge in [0, 0.05) is 19.7 Å². The smallest absolute Gasteiger partial charge is 0.0615 e. The molecule has 1 aliphatic carbocycles. The molecule has 0 aliphatic heterocycles. The highest BCUT2D eigenvalue weighted by atomic mass is 16.5. The van der Waals surface area contributed by atoms with E-state index in [2.05, 4.69) is 18.7 Å². The molecule has 0 aromatic carbocycles. The fourth-order valence-corrected chi connectivity index (χ4v) is 2.85. The average Bonchev–Trinajstić information content (AvgIpc) is 2.51. The van der Waals surface area contributed by atoms with Crippen LogP contribution < -0.4 is 0 Å². The minimum atomic E-state index is -0.0960. The van der Waals surface area contributed by atoms with Crippen LogP contribution in [0.5, 0.6) is 0 Å². The maximum Gasteiger partial charge on any atom is 0.0615 e. The van der Waals surface area contributed by atoms with Crippen LogP contribution in [0.2, 0.25) is 0 Å². The van der Waals surface area contributed by atoms with Gasteiger partial charge in [-0.3, -0.25) is 4.90 Å². The molecule has 1 saturated carbocycles. The highest BCUT2D eigenvalue weighted by molar-refractivity contribution is 4.78. The summed E-state index contributed by atoms with van der Waals surface area (Å²) in [6.45, 7) is 7.22. The first-order valence-electron chi connectivity index (χ1n) is 7.10. The van der Waals surface area contributed by atoms with Crippen molar-refractivity contribution >= 4 is 0 Å². The van der Waals surface area contributed by atoms with Crippen molar-refractivity contribution in [2.75, 3.05) is 26.8 Å². The van der Waals surface area contributed by atoms with E-state index >= 15 is 0 Å². The molecular weight excluding hydrogens is 214 g/mol. The standard InChI is InChI=1S/C14H29NO2/c1-4-15(12(2)11-17-3)10-13-8-6-5-7-9-14(13)16/h12-14,16H,4-11H2,1-3H3. The Kier molecular flexibility index (Phi) is 7.09. The first-order valence-corrected chi connectivity index (χ1v) is 7.10. The van der Waals surface area contributed by atoms with Crippen LogP contribution in [-0.2, 0) is 4.74 Å². The van der Waals surface area contributed by atoms with Crippen molar-refractivity contribution in [3.05, 3.63) is 0 Å². The lowest BCUT2D eigenvalue weighted by atomic mass is 9.96. The number of methoxy groups -OCH3 is 1. The van der Waals surface area contributed by atoms with Crippen molar-refractivity contribution in [2.24, 2.45) is 5.92 Å². The molecule has 1 rings (SSSR count). The van der Waals surface area contributed by atoms with Gasteiger partial charge in [-0.1, -0.05) is 26.2 Å². The van der Waals surface area contributed by atoms with Crippen molar-refractivity contribution < 1.29 is 9.84 Å². The third-order valence-electron chi connectivity index (χ3n) is 4.03. The first-order chi connectivity index (χ1) is 8.19. The molecule has 0 aromatic rings. The van der Waals surface area contributed by atoms with Crippen LogP contribution in [0.1, 0.15) is 46.0 Å². The Balaban J connectivity index is 2.47. The molecule has 3 unspecified atom stereocenters. The molecule has 0 heterocycles. The van der Waals surface area contributed by atoms with Crippen LogP contribution in [0.3, 0.4) is 0 Å². The van der Waals surface area contributed by atoms with Crippen LogP contribution in [0, 0.1) is 5.92 Å². The second-order valence-corrected chi connectivity index (χ2v) is 5.36. The molecule has 3 nitrogen and oxygen atoms in total.